The number of nitrogens with zero attached hydrogens (tertiary/aromatic N) is 2. The van der Waals surface area contributed by atoms with Crippen molar-refractivity contribution in [1.82, 2.24) is 9.80 Å². The van der Waals surface area contributed by atoms with Crippen LogP contribution in [0.5, 0.6) is 0 Å². The molecule has 0 aromatic rings. The van der Waals surface area contributed by atoms with Crippen LogP contribution in [0.3, 0.4) is 0 Å². The Balaban J connectivity index is 2.17. The molecule has 4 heteroatoms. The quantitative estimate of drug-likeness (QED) is 0.820. The highest BCUT2D eigenvalue weighted by Gasteiger charge is 2.37. The minimum atomic E-state index is -0.104. The van der Waals surface area contributed by atoms with Crippen LogP contribution >= 0.6 is 0 Å². The van der Waals surface area contributed by atoms with Crippen molar-refractivity contribution in [3.8, 4) is 0 Å². The Morgan fingerprint density at radius 1 is 1.28 bits per heavy atom. The predicted molar refractivity (Wildman–Crippen MR) is 71.3 cm³/mol. The first kappa shape index (κ1) is 13.8. The molecule has 1 N–H and O–H groups in total. The summed E-state index contributed by atoms with van der Waals surface area (Å²) in [5.74, 6) is 0.712. The number of hydrogen-bond acceptors (Lipinski definition) is 3. The van der Waals surface area contributed by atoms with Crippen LogP contribution in [-0.4, -0.2) is 59.6 Å². The first-order valence-corrected chi connectivity index (χ1v) is 7.25. The normalized spacial score (nSPS) is 31.9. The minimum absolute atomic E-state index is 0.0991. The van der Waals surface area contributed by atoms with Crippen LogP contribution in [-0.2, 0) is 4.79 Å². The Hall–Kier alpha value is -0.610. The molecule has 1 aliphatic carbocycles. The Morgan fingerprint density at radius 2 is 1.94 bits per heavy atom. The highest BCUT2D eigenvalue weighted by Crippen LogP contribution is 2.29. The summed E-state index contributed by atoms with van der Waals surface area (Å²) in [5.41, 5.74) is 0. The number of aliphatic hydroxyl groups excluding tert-OH is 1. The van der Waals surface area contributed by atoms with E-state index in [9.17, 15) is 9.90 Å². The molecule has 0 bridgehead atoms. The van der Waals surface area contributed by atoms with Gasteiger partial charge in [0.2, 0.25) is 5.91 Å². The number of carbonyl (C=O) groups is 1. The highest BCUT2D eigenvalue weighted by molar-refractivity contribution is 5.82. The summed E-state index contributed by atoms with van der Waals surface area (Å²) in [4.78, 5) is 16.7. The van der Waals surface area contributed by atoms with Gasteiger partial charge in [0, 0.05) is 32.8 Å². The van der Waals surface area contributed by atoms with E-state index in [0.29, 0.717) is 18.4 Å². The fourth-order valence-corrected chi connectivity index (χ4v) is 3.55. The summed E-state index contributed by atoms with van der Waals surface area (Å²) < 4.78 is 0. The molecule has 1 heterocycles. The second kappa shape index (κ2) is 6.02. The molecule has 2 rings (SSSR count). The number of amides is 1. The van der Waals surface area contributed by atoms with Gasteiger partial charge in [-0.1, -0.05) is 19.8 Å². The third-order valence-corrected chi connectivity index (χ3v) is 4.37. The van der Waals surface area contributed by atoms with Crippen molar-refractivity contribution in [1.29, 1.82) is 0 Å². The van der Waals surface area contributed by atoms with E-state index in [2.05, 4.69) is 11.8 Å². The molecule has 18 heavy (non-hydrogen) atoms. The van der Waals surface area contributed by atoms with E-state index in [-0.39, 0.29) is 18.6 Å². The molecule has 1 amide bonds. The maximum atomic E-state index is 12.4. The average molecular weight is 254 g/mol. The van der Waals surface area contributed by atoms with E-state index in [1.54, 1.807) is 0 Å². The van der Waals surface area contributed by atoms with Gasteiger partial charge in [0.15, 0.2) is 0 Å². The summed E-state index contributed by atoms with van der Waals surface area (Å²) in [6.07, 6.45) is 5.57. The van der Waals surface area contributed by atoms with E-state index in [1.807, 2.05) is 11.9 Å². The van der Waals surface area contributed by atoms with Crippen molar-refractivity contribution < 1.29 is 9.90 Å². The van der Waals surface area contributed by atoms with Crippen LogP contribution < -0.4 is 0 Å². The summed E-state index contributed by atoms with van der Waals surface area (Å²) in [6.45, 7) is 4.14. The van der Waals surface area contributed by atoms with E-state index < -0.39 is 0 Å². The van der Waals surface area contributed by atoms with Crippen LogP contribution in [0.4, 0.5) is 0 Å². The Bertz CT molecular complexity index is 290. The van der Waals surface area contributed by atoms with Gasteiger partial charge < -0.3 is 10.0 Å². The van der Waals surface area contributed by atoms with Crippen LogP contribution in [0.15, 0.2) is 0 Å². The van der Waals surface area contributed by atoms with Gasteiger partial charge in [-0.15, -0.1) is 0 Å². The van der Waals surface area contributed by atoms with Crippen molar-refractivity contribution >= 4 is 5.91 Å². The Morgan fingerprint density at radius 3 is 2.56 bits per heavy atom. The molecule has 0 spiro atoms. The predicted octanol–water partition coefficient (Wildman–Crippen LogP) is 1.09. The molecule has 1 saturated heterocycles. The Kier molecular flexibility index (Phi) is 4.62. The number of aliphatic hydroxyl groups is 1. The first-order valence-electron chi connectivity index (χ1n) is 7.25. The van der Waals surface area contributed by atoms with E-state index in [1.165, 1.54) is 25.7 Å². The zero-order valence-electron chi connectivity index (χ0n) is 11.6. The number of likely N-dealkylation sites (N-methyl/N-ethyl adjacent to an activating group) is 1. The second-order valence-electron chi connectivity index (χ2n) is 5.99. The molecule has 2 atom stereocenters. The number of hydrogen-bond donors (Lipinski definition) is 1. The van der Waals surface area contributed by atoms with E-state index in [0.717, 1.165) is 13.1 Å². The third kappa shape index (κ3) is 2.86. The van der Waals surface area contributed by atoms with Crippen LogP contribution in [0.2, 0.25) is 0 Å². The monoisotopic (exact) mass is 254 g/mol. The van der Waals surface area contributed by atoms with Crippen molar-refractivity contribution in [3.05, 3.63) is 0 Å². The van der Waals surface area contributed by atoms with E-state index in [4.69, 9.17) is 0 Å². The van der Waals surface area contributed by atoms with Gasteiger partial charge >= 0.3 is 0 Å². The molecule has 1 aliphatic heterocycles. The maximum Gasteiger partial charge on any atom is 0.239 e. The van der Waals surface area contributed by atoms with Crippen LogP contribution in [0.1, 0.15) is 39.0 Å². The largest absolute Gasteiger partial charge is 0.396 e. The van der Waals surface area contributed by atoms with Crippen molar-refractivity contribution in [2.75, 3.05) is 26.7 Å². The third-order valence-electron chi connectivity index (χ3n) is 4.37. The maximum absolute atomic E-state index is 12.4. The van der Waals surface area contributed by atoms with Crippen molar-refractivity contribution in [2.45, 2.75) is 51.1 Å². The molecule has 2 fully saturated rings. The summed E-state index contributed by atoms with van der Waals surface area (Å²) in [5, 5.41) is 9.24. The Labute approximate surface area is 110 Å². The lowest BCUT2D eigenvalue weighted by molar-refractivity contribution is -0.135. The molecular weight excluding hydrogens is 228 g/mol. The van der Waals surface area contributed by atoms with Gasteiger partial charge in [0.1, 0.15) is 0 Å². The van der Waals surface area contributed by atoms with Crippen LogP contribution in [0.25, 0.3) is 0 Å². The fourth-order valence-electron chi connectivity index (χ4n) is 3.55. The zero-order chi connectivity index (χ0) is 13.1. The zero-order valence-corrected chi connectivity index (χ0v) is 11.6. The van der Waals surface area contributed by atoms with Gasteiger partial charge in [-0.2, -0.15) is 0 Å². The summed E-state index contributed by atoms with van der Waals surface area (Å²) in [7, 11) is 1.89. The molecule has 4 nitrogen and oxygen atoms in total. The number of rotatable bonds is 3. The molecule has 104 valence electrons. The first-order chi connectivity index (χ1) is 8.63. The van der Waals surface area contributed by atoms with Crippen molar-refractivity contribution in [3.63, 3.8) is 0 Å². The highest BCUT2D eigenvalue weighted by atomic mass is 16.3. The van der Waals surface area contributed by atoms with Gasteiger partial charge in [0.25, 0.3) is 0 Å². The molecule has 2 aliphatic rings. The SMILES string of the molecule is CC1CN(C)C(=O)C(CCO)N(C2CCCC2)C1. The molecule has 0 aromatic carbocycles. The number of carbonyl (C=O) groups excluding carboxylic acids is 1. The minimum Gasteiger partial charge on any atom is -0.396 e. The van der Waals surface area contributed by atoms with Gasteiger partial charge in [-0.3, -0.25) is 9.69 Å². The van der Waals surface area contributed by atoms with E-state index >= 15 is 0 Å². The fraction of sp³-hybridized carbons (Fsp3) is 0.929. The van der Waals surface area contributed by atoms with Gasteiger partial charge in [0.05, 0.1) is 6.04 Å². The molecule has 0 radical (unpaired) electrons. The van der Waals surface area contributed by atoms with Crippen LogP contribution in [0, 0.1) is 5.92 Å². The van der Waals surface area contributed by atoms with Gasteiger partial charge in [-0.25, -0.2) is 0 Å². The lowest BCUT2D eigenvalue weighted by Crippen LogP contribution is -2.49. The standard InChI is InChI=1S/C14H26N2O2/c1-11-9-15(2)14(18)13(7-8-17)16(10-11)12-5-3-4-6-12/h11-13,17H,3-10H2,1-2H3. The van der Waals surface area contributed by atoms with Gasteiger partial charge in [-0.05, 0) is 25.2 Å². The summed E-state index contributed by atoms with van der Waals surface area (Å²) >= 11 is 0. The second-order valence-corrected chi connectivity index (χ2v) is 5.99. The summed E-state index contributed by atoms with van der Waals surface area (Å²) in [6, 6.07) is 0.451. The smallest absolute Gasteiger partial charge is 0.239 e. The molecule has 0 aromatic heterocycles. The lowest BCUT2D eigenvalue weighted by atomic mass is 10.1. The lowest BCUT2D eigenvalue weighted by Gasteiger charge is -2.34. The average Bonchev–Trinajstić information content (AvgIpc) is 2.83. The van der Waals surface area contributed by atoms with Crippen molar-refractivity contribution in [2.24, 2.45) is 5.92 Å². The molecular formula is C14H26N2O2. The topological polar surface area (TPSA) is 43.8 Å². The molecule has 2 unspecified atom stereocenters. The molecule has 1 saturated carbocycles.